The Morgan fingerprint density at radius 1 is 1.18 bits per heavy atom. The normalized spacial score (nSPS) is 13.1. The van der Waals surface area contributed by atoms with Crippen molar-refractivity contribution in [2.45, 2.75) is 31.2 Å². The highest BCUT2D eigenvalue weighted by Gasteiger charge is 2.16. The molecule has 1 unspecified atom stereocenters. The second kappa shape index (κ2) is 11.7. The average molecular weight is 537 g/mol. The van der Waals surface area contributed by atoms with Gasteiger partial charge in [-0.15, -0.1) is 24.0 Å². The number of nitrogens with one attached hydrogen (secondary N) is 2. The summed E-state index contributed by atoms with van der Waals surface area (Å²) < 4.78 is 25.5. The van der Waals surface area contributed by atoms with Gasteiger partial charge in [-0.1, -0.05) is 19.1 Å². The minimum atomic E-state index is -3.40. The van der Waals surface area contributed by atoms with Crippen LogP contribution in [0.1, 0.15) is 30.9 Å². The molecule has 2 rings (SSSR count). The topological polar surface area (TPSA) is 73.8 Å². The van der Waals surface area contributed by atoms with Crippen LogP contribution in [0.25, 0.3) is 0 Å². The van der Waals surface area contributed by atoms with Crippen LogP contribution in [0, 0.1) is 0 Å². The van der Waals surface area contributed by atoms with E-state index in [0.717, 1.165) is 24.6 Å². The highest BCUT2D eigenvalue weighted by Crippen LogP contribution is 2.17. The number of rotatable bonds is 8. The van der Waals surface area contributed by atoms with Gasteiger partial charge in [0.2, 0.25) is 10.0 Å². The van der Waals surface area contributed by atoms with Gasteiger partial charge in [0.15, 0.2) is 5.96 Å². The smallest absolute Gasteiger partial charge is 0.242 e. The van der Waals surface area contributed by atoms with Crippen LogP contribution in [-0.2, 0) is 16.6 Å². The number of benzene rings is 1. The summed E-state index contributed by atoms with van der Waals surface area (Å²) in [6.07, 6.45) is 0. The van der Waals surface area contributed by atoms with Gasteiger partial charge in [-0.05, 0) is 52.9 Å². The van der Waals surface area contributed by atoms with Crippen LogP contribution in [0.3, 0.4) is 0 Å². The van der Waals surface area contributed by atoms with E-state index in [1.54, 1.807) is 35.6 Å². The number of thiophene rings is 1. The van der Waals surface area contributed by atoms with Crippen molar-refractivity contribution < 1.29 is 8.42 Å². The summed E-state index contributed by atoms with van der Waals surface area (Å²) in [6.45, 7) is 6.26. The highest BCUT2D eigenvalue weighted by atomic mass is 127. The van der Waals surface area contributed by atoms with Gasteiger partial charge in [0.05, 0.1) is 11.4 Å². The molecule has 2 aromatic rings. The zero-order chi connectivity index (χ0) is 19.9. The summed E-state index contributed by atoms with van der Waals surface area (Å²) in [5, 5.41) is 10.9. The minimum Gasteiger partial charge on any atom is -0.357 e. The Hall–Kier alpha value is -1.17. The Balaban J connectivity index is 0.00000392. The average Bonchev–Trinajstić information content (AvgIpc) is 3.19. The van der Waals surface area contributed by atoms with Crippen molar-refractivity contribution in [3.8, 4) is 0 Å². The molecule has 9 heteroatoms. The molecule has 0 saturated heterocycles. The van der Waals surface area contributed by atoms with Gasteiger partial charge in [-0.2, -0.15) is 11.3 Å². The van der Waals surface area contributed by atoms with Gasteiger partial charge in [0.1, 0.15) is 0 Å². The summed E-state index contributed by atoms with van der Waals surface area (Å²) >= 11 is 1.71. The molecule has 0 spiro atoms. The van der Waals surface area contributed by atoms with E-state index in [9.17, 15) is 8.42 Å². The fraction of sp³-hybridized carbons (Fsp3) is 0.421. The van der Waals surface area contributed by atoms with Gasteiger partial charge in [0.25, 0.3) is 0 Å². The van der Waals surface area contributed by atoms with Crippen molar-refractivity contribution >= 4 is 51.3 Å². The third-order valence-electron chi connectivity index (χ3n) is 4.15. The Labute approximate surface area is 189 Å². The molecule has 156 valence electrons. The maximum Gasteiger partial charge on any atom is 0.242 e. The van der Waals surface area contributed by atoms with E-state index in [1.807, 2.05) is 6.92 Å². The van der Waals surface area contributed by atoms with Crippen molar-refractivity contribution in [2.24, 2.45) is 4.99 Å². The maximum absolute atomic E-state index is 12.1. The number of hydrogen-bond donors (Lipinski definition) is 2. The summed E-state index contributed by atoms with van der Waals surface area (Å²) in [4.78, 5) is 4.89. The number of nitrogens with zero attached hydrogens (tertiary/aromatic N) is 2. The van der Waals surface area contributed by atoms with Gasteiger partial charge in [0, 0.05) is 27.2 Å². The lowest BCUT2D eigenvalue weighted by Crippen LogP contribution is -2.39. The molecule has 0 saturated carbocycles. The van der Waals surface area contributed by atoms with Gasteiger partial charge >= 0.3 is 0 Å². The lowest BCUT2D eigenvalue weighted by molar-refractivity contribution is 0.520. The molecule has 0 aliphatic rings. The fourth-order valence-electron chi connectivity index (χ4n) is 2.41. The van der Waals surface area contributed by atoms with Crippen LogP contribution in [-0.4, -0.2) is 45.9 Å². The third kappa shape index (κ3) is 7.02. The quantitative estimate of drug-likeness (QED) is 0.308. The molecule has 28 heavy (non-hydrogen) atoms. The monoisotopic (exact) mass is 536 g/mol. The van der Waals surface area contributed by atoms with E-state index < -0.39 is 10.0 Å². The SMILES string of the molecule is CCNC(=NCc1ccc(S(=O)(=O)N(C)C)cc1)NCC(C)c1ccsc1.I. The lowest BCUT2D eigenvalue weighted by atomic mass is 10.1. The maximum atomic E-state index is 12.1. The Bertz CT molecular complexity index is 835. The van der Waals surface area contributed by atoms with Crippen molar-refractivity contribution in [1.82, 2.24) is 14.9 Å². The molecule has 1 aromatic heterocycles. The molecule has 0 aliphatic heterocycles. The van der Waals surface area contributed by atoms with Crippen LogP contribution >= 0.6 is 35.3 Å². The molecule has 1 atom stereocenters. The number of aliphatic imine (C=N–C) groups is 1. The highest BCUT2D eigenvalue weighted by molar-refractivity contribution is 14.0. The van der Waals surface area contributed by atoms with E-state index in [4.69, 9.17) is 0 Å². The molecular weight excluding hydrogens is 507 g/mol. The standard InChI is InChI=1S/C19H28N4O2S2.HI/c1-5-20-19(21-12-15(2)17-10-11-26-14-17)22-13-16-6-8-18(9-7-16)27(24,25)23(3)4;/h6-11,14-15H,5,12-13H2,1-4H3,(H2,20,21,22);1H. The van der Waals surface area contributed by atoms with E-state index in [0.29, 0.717) is 12.5 Å². The van der Waals surface area contributed by atoms with Crippen molar-refractivity contribution in [3.05, 3.63) is 52.2 Å². The molecule has 0 aliphatic carbocycles. The summed E-state index contributed by atoms with van der Waals surface area (Å²) in [5.74, 6) is 1.15. The number of hydrogen-bond acceptors (Lipinski definition) is 4. The largest absolute Gasteiger partial charge is 0.357 e. The van der Waals surface area contributed by atoms with Crippen LogP contribution in [0.4, 0.5) is 0 Å². The molecule has 0 amide bonds. The number of halogens is 1. The van der Waals surface area contributed by atoms with E-state index >= 15 is 0 Å². The first kappa shape index (κ1) is 24.9. The zero-order valence-corrected chi connectivity index (χ0v) is 20.6. The molecule has 0 radical (unpaired) electrons. The second-order valence-electron chi connectivity index (χ2n) is 6.47. The van der Waals surface area contributed by atoms with E-state index in [1.165, 1.54) is 24.0 Å². The van der Waals surface area contributed by atoms with Crippen molar-refractivity contribution in [3.63, 3.8) is 0 Å². The third-order valence-corrected chi connectivity index (χ3v) is 6.68. The first-order chi connectivity index (χ1) is 12.8. The summed E-state index contributed by atoms with van der Waals surface area (Å²) in [6, 6.07) is 9.00. The Morgan fingerprint density at radius 2 is 1.86 bits per heavy atom. The number of sulfonamides is 1. The molecule has 2 N–H and O–H groups in total. The molecule has 0 fully saturated rings. The van der Waals surface area contributed by atoms with Gasteiger partial charge < -0.3 is 10.6 Å². The lowest BCUT2D eigenvalue weighted by Gasteiger charge is -2.15. The second-order valence-corrected chi connectivity index (χ2v) is 9.40. The van der Waals surface area contributed by atoms with Gasteiger partial charge in [-0.3, -0.25) is 0 Å². The summed E-state index contributed by atoms with van der Waals surface area (Å²) in [5.41, 5.74) is 2.27. The van der Waals surface area contributed by atoms with Gasteiger partial charge in [-0.25, -0.2) is 17.7 Å². The van der Waals surface area contributed by atoms with Crippen LogP contribution < -0.4 is 10.6 Å². The zero-order valence-electron chi connectivity index (χ0n) is 16.7. The van der Waals surface area contributed by atoms with Crippen molar-refractivity contribution in [1.29, 1.82) is 0 Å². The van der Waals surface area contributed by atoms with Crippen LogP contribution in [0.2, 0.25) is 0 Å². The molecule has 6 nitrogen and oxygen atoms in total. The predicted octanol–water partition coefficient (Wildman–Crippen LogP) is 3.48. The minimum absolute atomic E-state index is 0. The predicted molar refractivity (Wildman–Crippen MR) is 128 cm³/mol. The van der Waals surface area contributed by atoms with E-state index in [2.05, 4.69) is 39.4 Å². The van der Waals surface area contributed by atoms with Crippen LogP contribution in [0.15, 0.2) is 51.0 Å². The first-order valence-corrected chi connectivity index (χ1v) is 11.3. The van der Waals surface area contributed by atoms with Crippen LogP contribution in [0.5, 0.6) is 0 Å². The summed E-state index contributed by atoms with van der Waals surface area (Å²) in [7, 11) is -0.346. The first-order valence-electron chi connectivity index (χ1n) is 8.90. The Kier molecular flexibility index (Phi) is 10.4. The molecule has 1 aromatic carbocycles. The number of guanidine groups is 1. The van der Waals surface area contributed by atoms with Crippen molar-refractivity contribution in [2.75, 3.05) is 27.2 Å². The van der Waals surface area contributed by atoms with E-state index in [-0.39, 0.29) is 28.9 Å². The Morgan fingerprint density at radius 3 is 2.39 bits per heavy atom. The fourth-order valence-corrected chi connectivity index (χ4v) is 4.10. The molecule has 0 bridgehead atoms. The molecule has 1 heterocycles. The molecular formula is C19H29IN4O2S2.